The molecule has 0 aromatic carbocycles. The van der Waals surface area contributed by atoms with Crippen molar-refractivity contribution in [1.29, 1.82) is 0 Å². The van der Waals surface area contributed by atoms with Crippen LogP contribution in [0.15, 0.2) is 27.1 Å². The van der Waals surface area contributed by atoms with Gasteiger partial charge < -0.3 is 5.11 Å². The Morgan fingerprint density at radius 1 is 1.45 bits per heavy atom. The van der Waals surface area contributed by atoms with Crippen LogP contribution in [0.5, 0.6) is 0 Å². The Hall–Kier alpha value is -1.51. The number of nitrogens with zero attached hydrogens (tertiary/aromatic N) is 3. The summed E-state index contributed by atoms with van der Waals surface area (Å²) in [7, 11) is 0. The number of carbonyl (C=O) groups is 1. The van der Waals surface area contributed by atoms with Gasteiger partial charge in [-0.15, -0.1) is 22.7 Å². The number of carboxylic acids is 1. The fourth-order valence-electron chi connectivity index (χ4n) is 1.68. The second kappa shape index (κ2) is 5.47. The molecule has 3 rings (SSSR count). The van der Waals surface area contributed by atoms with Gasteiger partial charge in [0.1, 0.15) is 16.2 Å². The molecular formula is C12H9N3O2S3. The lowest BCUT2D eigenvalue weighted by Crippen LogP contribution is -1.99. The number of thiazole rings is 1. The van der Waals surface area contributed by atoms with E-state index in [9.17, 15) is 4.79 Å². The minimum absolute atomic E-state index is 0.0156. The average Bonchev–Trinajstić information content (AvgIpc) is 2.97. The molecule has 0 spiro atoms. The SMILES string of the molecule is Cc1nc(Sc2ncnc3sccc23)sc1CC(=O)O. The highest BCUT2D eigenvalue weighted by Gasteiger charge is 2.14. The van der Waals surface area contributed by atoms with Crippen molar-refractivity contribution in [1.82, 2.24) is 15.0 Å². The second-order valence-electron chi connectivity index (χ2n) is 3.98. The maximum Gasteiger partial charge on any atom is 0.308 e. The molecule has 3 heterocycles. The third-order valence-corrected chi connectivity index (χ3v) is 5.65. The van der Waals surface area contributed by atoms with E-state index in [-0.39, 0.29) is 6.42 Å². The third-order valence-electron chi connectivity index (χ3n) is 2.59. The third kappa shape index (κ3) is 2.67. The van der Waals surface area contributed by atoms with E-state index in [1.54, 1.807) is 17.7 Å². The van der Waals surface area contributed by atoms with Crippen LogP contribution < -0.4 is 0 Å². The number of carboxylic acid groups (broad SMARTS) is 1. The largest absolute Gasteiger partial charge is 0.481 e. The van der Waals surface area contributed by atoms with E-state index in [0.29, 0.717) is 0 Å². The van der Waals surface area contributed by atoms with Crippen molar-refractivity contribution in [3.63, 3.8) is 0 Å². The number of thiophene rings is 1. The maximum atomic E-state index is 10.8. The lowest BCUT2D eigenvalue weighted by Gasteiger charge is -1.97. The molecule has 5 nitrogen and oxygen atoms in total. The van der Waals surface area contributed by atoms with E-state index in [1.165, 1.54) is 23.1 Å². The van der Waals surface area contributed by atoms with Crippen molar-refractivity contribution >= 4 is 50.6 Å². The summed E-state index contributed by atoms with van der Waals surface area (Å²) in [6, 6.07) is 1.99. The number of aromatic nitrogens is 3. The van der Waals surface area contributed by atoms with Crippen molar-refractivity contribution in [3.05, 3.63) is 28.3 Å². The lowest BCUT2D eigenvalue weighted by atomic mass is 10.3. The first-order chi connectivity index (χ1) is 9.63. The molecule has 0 aliphatic carbocycles. The van der Waals surface area contributed by atoms with Gasteiger partial charge in [-0.3, -0.25) is 4.79 Å². The highest BCUT2D eigenvalue weighted by molar-refractivity contribution is 8.01. The summed E-state index contributed by atoms with van der Waals surface area (Å²) in [5.74, 6) is -0.837. The summed E-state index contributed by atoms with van der Waals surface area (Å²) in [6.07, 6.45) is 1.56. The Labute approximate surface area is 126 Å². The summed E-state index contributed by atoms with van der Waals surface area (Å²) in [4.78, 5) is 25.4. The molecule has 0 saturated carbocycles. The molecule has 3 aromatic rings. The summed E-state index contributed by atoms with van der Waals surface area (Å²) >= 11 is 4.43. The summed E-state index contributed by atoms with van der Waals surface area (Å²) < 4.78 is 0.810. The molecule has 0 saturated heterocycles. The Morgan fingerprint density at radius 2 is 2.30 bits per heavy atom. The molecule has 0 aliphatic heterocycles. The highest BCUT2D eigenvalue weighted by atomic mass is 32.2. The monoisotopic (exact) mass is 323 g/mol. The van der Waals surface area contributed by atoms with Gasteiger partial charge in [0.2, 0.25) is 0 Å². The normalized spacial score (nSPS) is 11.1. The van der Waals surface area contributed by atoms with Crippen LogP contribution in [0.4, 0.5) is 0 Å². The Kier molecular flexibility index (Phi) is 3.68. The molecule has 8 heteroatoms. The van der Waals surface area contributed by atoms with Gasteiger partial charge in [-0.1, -0.05) is 0 Å². The van der Waals surface area contributed by atoms with Gasteiger partial charge >= 0.3 is 5.97 Å². The predicted molar refractivity (Wildman–Crippen MR) is 79.7 cm³/mol. The van der Waals surface area contributed by atoms with Crippen molar-refractivity contribution in [2.45, 2.75) is 22.7 Å². The average molecular weight is 323 g/mol. The van der Waals surface area contributed by atoms with Crippen LogP contribution in [-0.2, 0) is 11.2 Å². The van der Waals surface area contributed by atoms with Crippen LogP contribution in [0.25, 0.3) is 10.2 Å². The van der Waals surface area contributed by atoms with Crippen LogP contribution in [0.1, 0.15) is 10.6 Å². The first-order valence-corrected chi connectivity index (χ1v) is 8.19. The molecule has 0 bridgehead atoms. The van der Waals surface area contributed by atoms with Crippen molar-refractivity contribution in [2.75, 3.05) is 0 Å². The molecule has 0 aliphatic rings. The summed E-state index contributed by atoms with van der Waals surface area (Å²) in [5, 5.41) is 12.7. The maximum absolute atomic E-state index is 10.8. The molecule has 0 atom stereocenters. The Morgan fingerprint density at radius 3 is 3.10 bits per heavy atom. The van der Waals surface area contributed by atoms with Crippen LogP contribution in [0.2, 0.25) is 0 Å². The quantitative estimate of drug-likeness (QED) is 0.743. The number of rotatable bonds is 4. The molecule has 20 heavy (non-hydrogen) atoms. The minimum Gasteiger partial charge on any atom is -0.481 e. The van der Waals surface area contributed by atoms with Gasteiger partial charge in [0.15, 0.2) is 4.34 Å². The van der Waals surface area contributed by atoms with Crippen LogP contribution >= 0.6 is 34.4 Å². The molecule has 1 N–H and O–H groups in total. The fourth-order valence-corrected chi connectivity index (χ4v) is 4.69. The number of aryl methyl sites for hydroxylation is 1. The Balaban J connectivity index is 1.91. The van der Waals surface area contributed by atoms with E-state index in [1.807, 2.05) is 18.4 Å². The van der Waals surface area contributed by atoms with Gasteiger partial charge in [-0.05, 0) is 30.1 Å². The smallest absolute Gasteiger partial charge is 0.308 e. The van der Waals surface area contributed by atoms with Crippen molar-refractivity contribution in [3.8, 4) is 0 Å². The Bertz CT molecular complexity index is 781. The number of hydrogen-bond acceptors (Lipinski definition) is 7. The molecule has 0 radical (unpaired) electrons. The molecule has 3 aromatic heterocycles. The molecule has 0 fully saturated rings. The topological polar surface area (TPSA) is 76.0 Å². The van der Waals surface area contributed by atoms with Crippen molar-refractivity contribution in [2.24, 2.45) is 0 Å². The zero-order valence-electron chi connectivity index (χ0n) is 10.4. The van der Waals surface area contributed by atoms with E-state index < -0.39 is 5.97 Å². The molecule has 0 amide bonds. The van der Waals surface area contributed by atoms with Crippen LogP contribution in [0.3, 0.4) is 0 Å². The molecule has 0 unspecified atom stereocenters. The van der Waals surface area contributed by atoms with Gasteiger partial charge in [-0.25, -0.2) is 15.0 Å². The zero-order valence-corrected chi connectivity index (χ0v) is 12.8. The van der Waals surface area contributed by atoms with Gasteiger partial charge in [0.05, 0.1) is 12.1 Å². The first-order valence-electron chi connectivity index (χ1n) is 5.67. The number of hydrogen-bond donors (Lipinski definition) is 1. The minimum atomic E-state index is -0.837. The van der Waals surface area contributed by atoms with Crippen LogP contribution in [-0.4, -0.2) is 26.0 Å². The van der Waals surface area contributed by atoms with E-state index in [0.717, 1.165) is 30.2 Å². The zero-order chi connectivity index (χ0) is 14.1. The number of aliphatic carboxylic acids is 1. The van der Waals surface area contributed by atoms with Crippen LogP contribution in [0, 0.1) is 6.92 Å². The fraction of sp³-hybridized carbons (Fsp3) is 0.167. The summed E-state index contributed by atoms with van der Waals surface area (Å²) in [6.45, 7) is 1.83. The standard InChI is InChI=1S/C12H9N3O2S3/c1-6-8(4-9(16)17)19-12(15-6)20-11-7-2-3-18-10(7)13-5-14-11/h2-3,5H,4H2,1H3,(H,16,17). The van der Waals surface area contributed by atoms with Gasteiger partial charge in [0.25, 0.3) is 0 Å². The van der Waals surface area contributed by atoms with E-state index in [4.69, 9.17) is 5.11 Å². The predicted octanol–water partition coefficient (Wildman–Crippen LogP) is 3.23. The highest BCUT2D eigenvalue weighted by Crippen LogP contribution is 2.36. The van der Waals surface area contributed by atoms with Crippen molar-refractivity contribution < 1.29 is 9.90 Å². The summed E-state index contributed by atoms with van der Waals surface area (Å²) in [5.41, 5.74) is 0.774. The van der Waals surface area contributed by atoms with E-state index >= 15 is 0 Å². The second-order valence-corrected chi connectivity index (χ2v) is 7.19. The van der Waals surface area contributed by atoms with Gasteiger partial charge in [-0.2, -0.15) is 0 Å². The molecular weight excluding hydrogens is 314 g/mol. The first kappa shape index (κ1) is 13.5. The molecule has 102 valence electrons. The lowest BCUT2D eigenvalue weighted by molar-refractivity contribution is -0.136. The van der Waals surface area contributed by atoms with E-state index in [2.05, 4.69) is 15.0 Å². The van der Waals surface area contributed by atoms with Gasteiger partial charge in [0, 0.05) is 10.3 Å². The number of fused-ring (bicyclic) bond motifs is 1.